The zero-order valence-electron chi connectivity index (χ0n) is 12.6. The maximum Gasteiger partial charge on any atom is 0.232 e. The van der Waals surface area contributed by atoms with E-state index in [2.05, 4.69) is 5.32 Å². The van der Waals surface area contributed by atoms with Crippen LogP contribution in [0.15, 0.2) is 0 Å². The Hall–Kier alpha value is -0.220. The SMILES string of the molecule is CN(CC1CC2CCC1C2)C(=O)CSC1CCNCC1. The van der Waals surface area contributed by atoms with Crippen molar-refractivity contribution >= 4 is 17.7 Å². The lowest BCUT2D eigenvalue weighted by molar-refractivity contribution is -0.127. The minimum absolute atomic E-state index is 0.344. The van der Waals surface area contributed by atoms with Crippen LogP contribution < -0.4 is 5.32 Å². The Kier molecular flexibility index (Phi) is 4.92. The highest BCUT2D eigenvalue weighted by atomic mass is 32.2. The highest BCUT2D eigenvalue weighted by Gasteiger charge is 2.40. The number of rotatable bonds is 5. The minimum Gasteiger partial charge on any atom is -0.345 e. The van der Waals surface area contributed by atoms with Gasteiger partial charge in [-0.15, -0.1) is 11.8 Å². The molecular weight excluding hydrogens is 268 g/mol. The van der Waals surface area contributed by atoms with Gasteiger partial charge >= 0.3 is 0 Å². The molecule has 2 aliphatic carbocycles. The third kappa shape index (κ3) is 3.51. The summed E-state index contributed by atoms with van der Waals surface area (Å²) in [7, 11) is 2.01. The Balaban J connectivity index is 1.38. The fraction of sp³-hybridized carbons (Fsp3) is 0.938. The van der Waals surface area contributed by atoms with Crippen LogP contribution in [0.4, 0.5) is 0 Å². The van der Waals surface area contributed by atoms with E-state index in [0.29, 0.717) is 16.9 Å². The van der Waals surface area contributed by atoms with Gasteiger partial charge in [-0.3, -0.25) is 4.79 Å². The summed E-state index contributed by atoms with van der Waals surface area (Å²) in [6.45, 7) is 3.24. The Labute approximate surface area is 127 Å². The molecule has 3 rings (SSSR count). The largest absolute Gasteiger partial charge is 0.345 e. The molecule has 0 aromatic carbocycles. The first-order valence-corrected chi connectivity index (χ1v) is 9.33. The van der Waals surface area contributed by atoms with Gasteiger partial charge in [-0.1, -0.05) is 6.42 Å². The number of fused-ring (bicyclic) bond motifs is 2. The lowest BCUT2D eigenvalue weighted by atomic mass is 9.88. The number of amides is 1. The summed E-state index contributed by atoms with van der Waals surface area (Å²) in [5, 5.41) is 4.07. The number of nitrogens with one attached hydrogen (secondary N) is 1. The fourth-order valence-corrected chi connectivity index (χ4v) is 5.48. The number of carbonyl (C=O) groups excluding carboxylic acids is 1. The van der Waals surface area contributed by atoms with Crippen LogP contribution in [0.2, 0.25) is 0 Å². The predicted octanol–water partition coefficient (Wildman–Crippen LogP) is 2.37. The van der Waals surface area contributed by atoms with Gasteiger partial charge in [0.15, 0.2) is 0 Å². The molecule has 0 radical (unpaired) electrons. The smallest absolute Gasteiger partial charge is 0.232 e. The Morgan fingerprint density at radius 2 is 2.00 bits per heavy atom. The van der Waals surface area contributed by atoms with E-state index in [9.17, 15) is 4.79 Å². The maximum absolute atomic E-state index is 12.3. The summed E-state index contributed by atoms with van der Waals surface area (Å²) >= 11 is 1.88. The summed E-state index contributed by atoms with van der Waals surface area (Å²) in [5.41, 5.74) is 0. The first kappa shape index (κ1) is 14.7. The van der Waals surface area contributed by atoms with Gasteiger partial charge in [-0.25, -0.2) is 0 Å². The Morgan fingerprint density at radius 3 is 2.65 bits per heavy atom. The second-order valence-corrected chi connectivity index (χ2v) is 8.26. The van der Waals surface area contributed by atoms with Gasteiger partial charge in [-0.2, -0.15) is 0 Å². The molecule has 2 saturated carbocycles. The lowest BCUT2D eigenvalue weighted by Gasteiger charge is -2.28. The quantitative estimate of drug-likeness (QED) is 0.845. The van der Waals surface area contributed by atoms with E-state index in [4.69, 9.17) is 0 Å². The summed E-state index contributed by atoms with van der Waals surface area (Å²) in [5.74, 6) is 3.73. The van der Waals surface area contributed by atoms with Crippen molar-refractivity contribution in [1.82, 2.24) is 10.2 Å². The van der Waals surface area contributed by atoms with Gasteiger partial charge in [0.05, 0.1) is 5.75 Å². The van der Waals surface area contributed by atoms with Crippen LogP contribution in [-0.2, 0) is 4.79 Å². The maximum atomic E-state index is 12.3. The summed E-state index contributed by atoms with van der Waals surface area (Å²) in [6.07, 6.45) is 8.12. The van der Waals surface area contributed by atoms with Crippen LogP contribution in [0.5, 0.6) is 0 Å². The average molecular weight is 296 g/mol. The van der Waals surface area contributed by atoms with Crippen molar-refractivity contribution in [2.24, 2.45) is 17.8 Å². The number of hydrogen-bond acceptors (Lipinski definition) is 3. The molecule has 0 aromatic heterocycles. The molecule has 1 N–H and O–H groups in total. The molecule has 4 heteroatoms. The van der Waals surface area contributed by atoms with E-state index in [-0.39, 0.29) is 0 Å². The van der Waals surface area contributed by atoms with Gasteiger partial charge in [0, 0.05) is 18.8 Å². The normalized spacial score (nSPS) is 33.5. The summed E-state index contributed by atoms with van der Waals surface area (Å²) in [6, 6.07) is 0. The van der Waals surface area contributed by atoms with E-state index in [0.717, 1.165) is 37.4 Å². The van der Waals surface area contributed by atoms with E-state index in [1.807, 2.05) is 23.7 Å². The van der Waals surface area contributed by atoms with Gasteiger partial charge in [0.25, 0.3) is 0 Å². The number of nitrogens with zero attached hydrogens (tertiary/aromatic N) is 1. The molecule has 1 amide bonds. The topological polar surface area (TPSA) is 32.3 Å². The van der Waals surface area contributed by atoms with Crippen molar-refractivity contribution < 1.29 is 4.79 Å². The Bertz CT molecular complexity index is 343. The predicted molar refractivity (Wildman–Crippen MR) is 84.9 cm³/mol. The average Bonchev–Trinajstić information content (AvgIpc) is 3.08. The molecule has 3 nitrogen and oxygen atoms in total. The third-order valence-corrected chi connectivity index (χ3v) is 6.90. The molecule has 3 aliphatic rings. The number of carbonyl (C=O) groups is 1. The highest BCUT2D eigenvalue weighted by Crippen LogP contribution is 2.48. The molecule has 3 atom stereocenters. The first-order valence-electron chi connectivity index (χ1n) is 8.28. The number of thioether (sulfide) groups is 1. The molecule has 1 aliphatic heterocycles. The van der Waals surface area contributed by atoms with Crippen molar-refractivity contribution in [3.05, 3.63) is 0 Å². The van der Waals surface area contributed by atoms with Crippen molar-refractivity contribution in [3.8, 4) is 0 Å². The Morgan fingerprint density at radius 1 is 1.20 bits per heavy atom. The van der Waals surface area contributed by atoms with Gasteiger partial charge in [-0.05, 0) is 62.9 Å². The van der Waals surface area contributed by atoms with Crippen LogP contribution >= 0.6 is 11.8 Å². The second kappa shape index (κ2) is 6.69. The molecule has 20 heavy (non-hydrogen) atoms. The number of piperidine rings is 1. The van der Waals surface area contributed by atoms with E-state index in [1.165, 1.54) is 38.5 Å². The second-order valence-electron chi connectivity index (χ2n) is 6.97. The van der Waals surface area contributed by atoms with Crippen molar-refractivity contribution in [3.63, 3.8) is 0 Å². The number of hydrogen-bond donors (Lipinski definition) is 1. The molecule has 2 bridgehead atoms. The zero-order chi connectivity index (χ0) is 13.9. The molecule has 1 saturated heterocycles. The van der Waals surface area contributed by atoms with Crippen LogP contribution in [0, 0.1) is 17.8 Å². The lowest BCUT2D eigenvalue weighted by Crippen LogP contribution is -2.36. The van der Waals surface area contributed by atoms with Crippen LogP contribution in [0.1, 0.15) is 38.5 Å². The monoisotopic (exact) mass is 296 g/mol. The fourth-order valence-electron chi connectivity index (χ4n) is 4.32. The molecule has 114 valence electrons. The molecule has 3 unspecified atom stereocenters. The summed E-state index contributed by atoms with van der Waals surface area (Å²) < 4.78 is 0. The molecule has 0 aromatic rings. The van der Waals surface area contributed by atoms with E-state index in [1.54, 1.807) is 0 Å². The molecular formula is C16H28N2OS. The zero-order valence-corrected chi connectivity index (χ0v) is 13.5. The molecule has 0 spiro atoms. The van der Waals surface area contributed by atoms with Gasteiger partial charge in [0.2, 0.25) is 5.91 Å². The standard InChI is InChI=1S/C16H28N2OS/c1-18(10-14-9-12-2-3-13(14)8-12)16(19)11-20-15-4-6-17-7-5-15/h12-15,17H,2-11H2,1H3. The van der Waals surface area contributed by atoms with Gasteiger partial charge < -0.3 is 10.2 Å². The molecule has 1 heterocycles. The van der Waals surface area contributed by atoms with Crippen LogP contribution in [0.25, 0.3) is 0 Å². The van der Waals surface area contributed by atoms with Crippen molar-refractivity contribution in [2.75, 3.05) is 32.4 Å². The van der Waals surface area contributed by atoms with Crippen LogP contribution in [-0.4, -0.2) is 48.5 Å². The molecule has 3 fully saturated rings. The van der Waals surface area contributed by atoms with Gasteiger partial charge in [0.1, 0.15) is 0 Å². The van der Waals surface area contributed by atoms with Crippen molar-refractivity contribution in [2.45, 2.75) is 43.8 Å². The van der Waals surface area contributed by atoms with E-state index >= 15 is 0 Å². The van der Waals surface area contributed by atoms with E-state index < -0.39 is 0 Å². The first-order chi connectivity index (χ1) is 9.72. The third-order valence-electron chi connectivity index (χ3n) is 5.55. The van der Waals surface area contributed by atoms with Crippen LogP contribution in [0.3, 0.4) is 0 Å². The minimum atomic E-state index is 0.344. The van der Waals surface area contributed by atoms with Crippen molar-refractivity contribution in [1.29, 1.82) is 0 Å². The highest BCUT2D eigenvalue weighted by molar-refractivity contribution is 8.00. The summed E-state index contributed by atoms with van der Waals surface area (Å²) in [4.78, 5) is 14.3.